The van der Waals surface area contributed by atoms with Crippen molar-refractivity contribution in [3.63, 3.8) is 0 Å². The summed E-state index contributed by atoms with van der Waals surface area (Å²) in [7, 11) is 1.80. The van der Waals surface area contributed by atoms with Crippen LogP contribution in [0.15, 0.2) is 41.8 Å². The maximum absolute atomic E-state index is 12.5. The largest absolute Gasteiger partial charge is 0.324 e. The van der Waals surface area contributed by atoms with Crippen LogP contribution < -0.4 is 5.32 Å². The first kappa shape index (κ1) is 17.1. The lowest BCUT2D eigenvalue weighted by Gasteiger charge is -2.13. The predicted octanol–water partition coefficient (Wildman–Crippen LogP) is 2.69. The molecule has 1 N–H and O–H groups in total. The Bertz CT molecular complexity index is 953. The summed E-state index contributed by atoms with van der Waals surface area (Å²) in [6.45, 7) is 3.27. The highest BCUT2D eigenvalue weighted by Crippen LogP contribution is 2.28. The second-order valence-corrected chi connectivity index (χ2v) is 6.86. The lowest BCUT2D eigenvalue weighted by molar-refractivity contribution is -0.115. The van der Waals surface area contributed by atoms with Gasteiger partial charge in [0.2, 0.25) is 5.91 Å². The molecule has 0 radical (unpaired) electrons. The minimum absolute atomic E-state index is 0.0934. The first-order valence-electron chi connectivity index (χ1n) is 7.67. The zero-order chi connectivity index (χ0) is 18.0. The van der Waals surface area contributed by atoms with Gasteiger partial charge in [-0.2, -0.15) is 5.10 Å². The van der Waals surface area contributed by atoms with E-state index in [1.54, 1.807) is 49.1 Å². The van der Waals surface area contributed by atoms with E-state index in [4.69, 9.17) is 0 Å². The molecular formula is C17H17N5O2S. The van der Waals surface area contributed by atoms with E-state index in [1.165, 1.54) is 25.0 Å². The van der Waals surface area contributed by atoms with Crippen LogP contribution in [0.4, 0.5) is 5.69 Å². The van der Waals surface area contributed by atoms with E-state index in [0.717, 1.165) is 5.39 Å². The van der Waals surface area contributed by atoms with E-state index in [-0.39, 0.29) is 11.7 Å². The van der Waals surface area contributed by atoms with Crippen LogP contribution in [0.25, 0.3) is 11.0 Å². The molecule has 0 bridgehead atoms. The molecule has 8 heteroatoms. The molecule has 1 amide bonds. The molecule has 3 rings (SSSR count). The van der Waals surface area contributed by atoms with Crippen LogP contribution in [-0.2, 0) is 11.8 Å². The third-order valence-corrected chi connectivity index (χ3v) is 4.83. The summed E-state index contributed by atoms with van der Waals surface area (Å²) < 4.78 is 1.66. The molecule has 1 atom stereocenters. The monoisotopic (exact) mass is 355 g/mol. The number of amides is 1. The number of anilines is 1. The number of nitrogens with one attached hydrogen (secondary N) is 1. The summed E-state index contributed by atoms with van der Waals surface area (Å²) in [4.78, 5) is 32.7. The van der Waals surface area contributed by atoms with Gasteiger partial charge in [0.25, 0.3) is 0 Å². The second-order valence-electron chi connectivity index (χ2n) is 5.54. The Morgan fingerprint density at radius 2 is 2.00 bits per heavy atom. The Labute approximate surface area is 148 Å². The zero-order valence-corrected chi connectivity index (χ0v) is 14.9. The highest BCUT2D eigenvalue weighted by atomic mass is 32.2. The van der Waals surface area contributed by atoms with Gasteiger partial charge in [-0.3, -0.25) is 14.3 Å². The van der Waals surface area contributed by atoms with Crippen molar-refractivity contribution in [1.82, 2.24) is 19.7 Å². The smallest absolute Gasteiger partial charge is 0.237 e. The minimum atomic E-state index is -0.404. The fourth-order valence-corrected chi connectivity index (χ4v) is 3.27. The molecular weight excluding hydrogens is 338 g/mol. The van der Waals surface area contributed by atoms with Gasteiger partial charge in [-0.1, -0.05) is 23.9 Å². The second kappa shape index (κ2) is 7.02. The molecule has 1 unspecified atom stereocenters. The van der Waals surface area contributed by atoms with Crippen LogP contribution >= 0.6 is 11.8 Å². The molecule has 3 aromatic rings. The summed E-state index contributed by atoms with van der Waals surface area (Å²) in [6, 6.07) is 6.96. The van der Waals surface area contributed by atoms with Gasteiger partial charge < -0.3 is 5.32 Å². The fraction of sp³-hybridized carbons (Fsp3) is 0.235. The number of carbonyl (C=O) groups is 2. The third-order valence-electron chi connectivity index (χ3n) is 3.71. The molecule has 2 heterocycles. The van der Waals surface area contributed by atoms with Crippen molar-refractivity contribution in [3.05, 3.63) is 42.4 Å². The molecule has 128 valence electrons. The molecule has 0 spiro atoms. The van der Waals surface area contributed by atoms with Crippen molar-refractivity contribution in [2.75, 3.05) is 5.32 Å². The number of hydrogen-bond acceptors (Lipinski definition) is 6. The summed E-state index contributed by atoms with van der Waals surface area (Å²) in [5.74, 6) is -0.293. The van der Waals surface area contributed by atoms with Crippen molar-refractivity contribution < 1.29 is 9.59 Å². The summed E-state index contributed by atoms with van der Waals surface area (Å²) in [5.41, 5.74) is 1.72. The number of Topliss-reactive ketones (excluding diaryl/α,β-unsaturated/α-hetero) is 1. The number of benzene rings is 1. The van der Waals surface area contributed by atoms with E-state index in [0.29, 0.717) is 21.9 Å². The van der Waals surface area contributed by atoms with Gasteiger partial charge in [0, 0.05) is 12.6 Å². The van der Waals surface area contributed by atoms with Crippen molar-refractivity contribution in [1.29, 1.82) is 0 Å². The summed E-state index contributed by atoms with van der Waals surface area (Å²) >= 11 is 1.33. The number of fused-ring (bicyclic) bond motifs is 1. The molecule has 2 aromatic heterocycles. The lowest BCUT2D eigenvalue weighted by atomic mass is 10.1. The standard InChI is InChI=1S/C17H17N5O2S/c1-10(23)12-6-4-5-7-14(12)21-16(24)11(2)25-17-13-8-20-22(3)15(13)18-9-19-17/h4-9,11H,1-3H3,(H,21,24). The van der Waals surface area contributed by atoms with Gasteiger partial charge in [0.05, 0.1) is 22.5 Å². The van der Waals surface area contributed by atoms with E-state index in [9.17, 15) is 9.59 Å². The number of para-hydroxylation sites is 1. The van der Waals surface area contributed by atoms with Gasteiger partial charge in [-0.15, -0.1) is 0 Å². The number of aromatic nitrogens is 4. The first-order valence-corrected chi connectivity index (χ1v) is 8.55. The lowest BCUT2D eigenvalue weighted by Crippen LogP contribution is -2.23. The molecule has 1 aromatic carbocycles. The number of hydrogen-bond donors (Lipinski definition) is 1. The van der Waals surface area contributed by atoms with Gasteiger partial charge in [0.1, 0.15) is 11.4 Å². The molecule has 0 fully saturated rings. The number of thioether (sulfide) groups is 1. The van der Waals surface area contributed by atoms with Crippen molar-refractivity contribution in [2.45, 2.75) is 24.1 Å². The highest BCUT2D eigenvalue weighted by Gasteiger charge is 2.19. The average molecular weight is 355 g/mol. The Kier molecular flexibility index (Phi) is 4.80. The fourth-order valence-electron chi connectivity index (χ4n) is 2.39. The van der Waals surface area contributed by atoms with Gasteiger partial charge >= 0.3 is 0 Å². The number of nitrogens with zero attached hydrogens (tertiary/aromatic N) is 4. The van der Waals surface area contributed by atoms with E-state index in [1.807, 2.05) is 0 Å². The Morgan fingerprint density at radius 1 is 1.24 bits per heavy atom. The van der Waals surface area contributed by atoms with Gasteiger partial charge in [-0.25, -0.2) is 9.97 Å². The van der Waals surface area contributed by atoms with E-state index < -0.39 is 5.25 Å². The SMILES string of the molecule is CC(=O)c1ccccc1NC(=O)C(C)Sc1ncnc2c1cnn2C. The molecule has 0 aliphatic carbocycles. The van der Waals surface area contributed by atoms with E-state index >= 15 is 0 Å². The first-order chi connectivity index (χ1) is 12.0. The maximum Gasteiger partial charge on any atom is 0.237 e. The molecule has 0 saturated heterocycles. The highest BCUT2D eigenvalue weighted by molar-refractivity contribution is 8.00. The number of carbonyl (C=O) groups excluding carboxylic acids is 2. The molecule has 0 aliphatic rings. The number of aryl methyl sites for hydroxylation is 1. The van der Waals surface area contributed by atoms with Crippen molar-refractivity contribution in [3.8, 4) is 0 Å². The van der Waals surface area contributed by atoms with Crippen LogP contribution in [0, 0.1) is 0 Å². The van der Waals surface area contributed by atoms with Gasteiger partial charge in [0.15, 0.2) is 11.4 Å². The normalized spacial score (nSPS) is 12.1. The predicted molar refractivity (Wildman–Crippen MR) is 96.7 cm³/mol. The number of rotatable bonds is 5. The third kappa shape index (κ3) is 3.53. The van der Waals surface area contributed by atoms with Crippen LogP contribution in [0.1, 0.15) is 24.2 Å². The average Bonchev–Trinajstić information content (AvgIpc) is 2.97. The molecule has 25 heavy (non-hydrogen) atoms. The Morgan fingerprint density at radius 3 is 2.76 bits per heavy atom. The summed E-state index contributed by atoms with van der Waals surface area (Å²) in [6.07, 6.45) is 3.15. The van der Waals surface area contributed by atoms with Crippen molar-refractivity contribution in [2.24, 2.45) is 7.05 Å². The Hall–Kier alpha value is -2.74. The van der Waals surface area contributed by atoms with Gasteiger partial charge in [-0.05, 0) is 26.0 Å². The zero-order valence-electron chi connectivity index (χ0n) is 14.1. The van der Waals surface area contributed by atoms with E-state index in [2.05, 4.69) is 20.4 Å². The molecule has 0 aliphatic heterocycles. The van der Waals surface area contributed by atoms with Crippen LogP contribution in [0.3, 0.4) is 0 Å². The number of ketones is 1. The topological polar surface area (TPSA) is 89.8 Å². The minimum Gasteiger partial charge on any atom is -0.324 e. The van der Waals surface area contributed by atoms with Crippen LogP contribution in [0.5, 0.6) is 0 Å². The Balaban J connectivity index is 1.78. The molecule has 7 nitrogen and oxygen atoms in total. The summed E-state index contributed by atoms with van der Waals surface area (Å²) in [5, 5.41) is 8.09. The van der Waals surface area contributed by atoms with Crippen LogP contribution in [-0.4, -0.2) is 36.7 Å². The van der Waals surface area contributed by atoms with Crippen LogP contribution in [0.2, 0.25) is 0 Å². The quantitative estimate of drug-likeness (QED) is 0.430. The molecule has 0 saturated carbocycles. The van der Waals surface area contributed by atoms with Crippen molar-refractivity contribution >= 4 is 40.2 Å². The maximum atomic E-state index is 12.5.